The van der Waals surface area contributed by atoms with Gasteiger partial charge in [0.2, 0.25) is 11.0 Å². The number of sulfonamides is 1. The second-order valence-electron chi connectivity index (χ2n) is 9.00. The fourth-order valence-electron chi connectivity index (χ4n) is 4.41. The number of aryl methyl sites for hydroxylation is 2. The molecular weight excluding hydrogens is 553 g/mol. The summed E-state index contributed by atoms with van der Waals surface area (Å²) in [7, 11) is -3.82. The molecular formula is C27H24N6O3S3. The Morgan fingerprint density at radius 3 is 2.62 bits per heavy atom. The van der Waals surface area contributed by atoms with E-state index in [0.29, 0.717) is 27.2 Å². The maximum absolute atomic E-state index is 12.6. The molecule has 4 aromatic rings. The van der Waals surface area contributed by atoms with Crippen molar-refractivity contribution in [2.24, 2.45) is 0 Å². The average molecular weight is 577 g/mol. The third kappa shape index (κ3) is 6.44. The van der Waals surface area contributed by atoms with Crippen molar-refractivity contribution in [2.45, 2.75) is 42.0 Å². The van der Waals surface area contributed by atoms with Gasteiger partial charge in [0.15, 0.2) is 0 Å². The van der Waals surface area contributed by atoms with Crippen LogP contribution in [0.15, 0.2) is 70.6 Å². The molecule has 2 aromatic carbocycles. The topological polar surface area (TPSA) is 138 Å². The Kier molecular flexibility index (Phi) is 7.92. The summed E-state index contributed by atoms with van der Waals surface area (Å²) in [6, 6.07) is 20.4. The molecule has 2 aromatic heterocycles. The second kappa shape index (κ2) is 11.5. The van der Waals surface area contributed by atoms with E-state index in [0.717, 1.165) is 41.9 Å². The fourth-order valence-corrected chi connectivity index (χ4v) is 7.00. The fraction of sp³-hybridized carbons (Fsp3) is 0.222. The number of aromatic nitrogens is 3. The van der Waals surface area contributed by atoms with Crippen molar-refractivity contribution in [1.82, 2.24) is 15.2 Å². The van der Waals surface area contributed by atoms with Gasteiger partial charge in [0.05, 0.1) is 16.2 Å². The zero-order valence-corrected chi connectivity index (χ0v) is 23.4. The van der Waals surface area contributed by atoms with E-state index >= 15 is 0 Å². The van der Waals surface area contributed by atoms with E-state index in [1.54, 1.807) is 6.92 Å². The number of rotatable bonds is 8. The number of hydrogen-bond donors (Lipinski definition) is 2. The van der Waals surface area contributed by atoms with E-state index in [9.17, 15) is 18.5 Å². The lowest BCUT2D eigenvalue weighted by molar-refractivity contribution is -0.113. The van der Waals surface area contributed by atoms with E-state index in [4.69, 9.17) is 4.98 Å². The van der Waals surface area contributed by atoms with Crippen LogP contribution in [0.3, 0.4) is 0 Å². The number of carbonyl (C=O) groups is 1. The first-order valence-corrected chi connectivity index (χ1v) is 15.4. The van der Waals surface area contributed by atoms with Crippen LogP contribution in [-0.4, -0.2) is 35.3 Å². The molecule has 1 aliphatic rings. The van der Waals surface area contributed by atoms with Crippen LogP contribution in [-0.2, 0) is 27.7 Å². The maximum Gasteiger partial charge on any atom is 0.263 e. The molecule has 0 aliphatic heterocycles. The van der Waals surface area contributed by atoms with Crippen molar-refractivity contribution in [1.29, 1.82) is 5.26 Å². The zero-order valence-electron chi connectivity index (χ0n) is 20.9. The summed E-state index contributed by atoms with van der Waals surface area (Å²) in [5.41, 5.74) is 4.29. The number of carbonyl (C=O) groups excluding carboxylic acids is 1. The highest BCUT2D eigenvalue weighted by molar-refractivity contribution is 8.00. The van der Waals surface area contributed by atoms with Gasteiger partial charge in [0.1, 0.15) is 16.1 Å². The van der Waals surface area contributed by atoms with Crippen LogP contribution >= 0.6 is 23.1 Å². The maximum atomic E-state index is 12.6. The summed E-state index contributed by atoms with van der Waals surface area (Å²) in [5, 5.41) is 21.4. The van der Waals surface area contributed by atoms with Crippen molar-refractivity contribution in [3.05, 3.63) is 88.1 Å². The Morgan fingerprint density at radius 2 is 1.92 bits per heavy atom. The van der Waals surface area contributed by atoms with Gasteiger partial charge in [-0.2, -0.15) is 5.26 Å². The zero-order chi connectivity index (χ0) is 27.4. The summed E-state index contributed by atoms with van der Waals surface area (Å²) < 4.78 is 27.5. The van der Waals surface area contributed by atoms with Crippen molar-refractivity contribution >= 4 is 49.8 Å². The molecule has 1 amide bonds. The summed E-state index contributed by atoms with van der Waals surface area (Å²) >= 11 is 2.35. The van der Waals surface area contributed by atoms with E-state index in [1.807, 2.05) is 24.3 Å². The lowest BCUT2D eigenvalue weighted by Gasteiger charge is -2.25. The van der Waals surface area contributed by atoms with Gasteiger partial charge in [-0.25, -0.2) is 13.4 Å². The van der Waals surface area contributed by atoms with Crippen LogP contribution in [0.5, 0.6) is 0 Å². The number of nitrogens with zero attached hydrogens (tertiary/aromatic N) is 4. The SMILES string of the molecule is Cc1nnc(NS(=O)(=O)c2ccc(NC(=O)CSc3nc4c(cc3C#N)CC(c3ccccc3)CC4)cc2)s1. The monoisotopic (exact) mass is 576 g/mol. The lowest BCUT2D eigenvalue weighted by atomic mass is 9.82. The summed E-state index contributed by atoms with van der Waals surface area (Å²) in [4.78, 5) is 17.4. The Morgan fingerprint density at radius 1 is 1.15 bits per heavy atom. The van der Waals surface area contributed by atoms with Gasteiger partial charge >= 0.3 is 0 Å². The highest BCUT2D eigenvalue weighted by Crippen LogP contribution is 2.34. The van der Waals surface area contributed by atoms with Crippen LogP contribution in [0.1, 0.15) is 39.7 Å². The van der Waals surface area contributed by atoms with Gasteiger partial charge in [-0.15, -0.1) is 10.2 Å². The second-order valence-corrected chi connectivity index (χ2v) is 12.8. The Hall–Kier alpha value is -3.79. The Bertz CT molecular complexity index is 1650. The predicted octanol–water partition coefficient (Wildman–Crippen LogP) is 4.92. The summed E-state index contributed by atoms with van der Waals surface area (Å²) in [5.74, 6) is 0.179. The number of nitrogens with one attached hydrogen (secondary N) is 2. The molecule has 9 nitrogen and oxygen atoms in total. The molecule has 0 spiro atoms. The smallest absolute Gasteiger partial charge is 0.263 e. The van der Waals surface area contributed by atoms with Gasteiger partial charge in [0, 0.05) is 11.4 Å². The molecule has 0 bridgehead atoms. The number of pyridine rings is 1. The summed E-state index contributed by atoms with van der Waals surface area (Å²) in [6.07, 6.45) is 2.65. The van der Waals surface area contributed by atoms with Crippen molar-refractivity contribution < 1.29 is 13.2 Å². The number of benzene rings is 2. The minimum atomic E-state index is -3.82. The predicted molar refractivity (Wildman–Crippen MR) is 151 cm³/mol. The molecule has 2 heterocycles. The molecule has 1 atom stereocenters. The standard InChI is InChI=1S/C27H24N6O3S3/c1-17-31-32-27(38-17)33-39(35,36)23-10-8-22(9-11-23)29-25(34)16-37-26-21(15-28)14-20-13-19(7-12-24(20)30-26)18-5-3-2-4-6-18/h2-6,8-11,14,19H,7,12-13,16H2,1H3,(H,29,34)(H,32,33). The molecule has 1 unspecified atom stereocenters. The van der Waals surface area contributed by atoms with Gasteiger partial charge in [-0.1, -0.05) is 53.4 Å². The minimum absolute atomic E-state index is 0.0363. The van der Waals surface area contributed by atoms with Crippen LogP contribution < -0.4 is 10.0 Å². The Labute approximate surface area is 234 Å². The van der Waals surface area contributed by atoms with E-state index < -0.39 is 10.0 Å². The number of hydrogen-bond acceptors (Lipinski definition) is 9. The molecule has 5 rings (SSSR count). The molecule has 0 saturated carbocycles. The number of fused-ring (bicyclic) bond motifs is 1. The Balaban J connectivity index is 1.20. The van der Waals surface area contributed by atoms with Crippen molar-refractivity contribution in [3.8, 4) is 6.07 Å². The molecule has 12 heteroatoms. The van der Waals surface area contributed by atoms with E-state index in [-0.39, 0.29) is 21.7 Å². The third-order valence-electron chi connectivity index (χ3n) is 6.28. The average Bonchev–Trinajstić information content (AvgIpc) is 3.35. The van der Waals surface area contributed by atoms with Crippen LogP contribution in [0.4, 0.5) is 10.8 Å². The van der Waals surface area contributed by atoms with Gasteiger partial charge in [-0.3, -0.25) is 9.52 Å². The van der Waals surface area contributed by atoms with Crippen LogP contribution in [0.25, 0.3) is 0 Å². The van der Waals surface area contributed by atoms with E-state index in [2.05, 4.69) is 38.4 Å². The van der Waals surface area contributed by atoms with Crippen LogP contribution in [0.2, 0.25) is 0 Å². The minimum Gasteiger partial charge on any atom is -0.325 e. The molecule has 0 saturated heterocycles. The third-order valence-corrected chi connectivity index (χ3v) is 9.51. The number of amides is 1. The normalized spacial score (nSPS) is 14.7. The van der Waals surface area contributed by atoms with Crippen LogP contribution in [0, 0.1) is 18.3 Å². The van der Waals surface area contributed by atoms with Gasteiger partial charge < -0.3 is 5.32 Å². The van der Waals surface area contributed by atoms with Gasteiger partial charge in [-0.05, 0) is 73.6 Å². The first-order valence-electron chi connectivity index (χ1n) is 12.1. The molecule has 1 aliphatic carbocycles. The quantitative estimate of drug-likeness (QED) is 0.282. The van der Waals surface area contributed by atoms with Crippen molar-refractivity contribution in [3.63, 3.8) is 0 Å². The molecule has 198 valence electrons. The highest BCUT2D eigenvalue weighted by atomic mass is 32.2. The van der Waals surface area contributed by atoms with E-state index in [1.165, 1.54) is 41.6 Å². The first kappa shape index (κ1) is 26.8. The number of nitriles is 1. The molecule has 0 fully saturated rings. The molecule has 39 heavy (non-hydrogen) atoms. The van der Waals surface area contributed by atoms with Crippen molar-refractivity contribution in [2.75, 3.05) is 15.8 Å². The molecule has 2 N–H and O–H groups in total. The lowest BCUT2D eigenvalue weighted by Crippen LogP contribution is -2.17. The number of thioether (sulfide) groups is 1. The number of anilines is 2. The highest BCUT2D eigenvalue weighted by Gasteiger charge is 2.23. The van der Waals surface area contributed by atoms with Gasteiger partial charge in [0.25, 0.3) is 10.0 Å². The first-order chi connectivity index (χ1) is 18.8. The molecule has 0 radical (unpaired) electrons. The summed E-state index contributed by atoms with van der Waals surface area (Å²) in [6.45, 7) is 1.73. The largest absolute Gasteiger partial charge is 0.325 e.